The number of ether oxygens (including phenoxy) is 1. The van der Waals surface area contributed by atoms with Gasteiger partial charge in [-0.1, -0.05) is 6.07 Å². The van der Waals surface area contributed by atoms with Gasteiger partial charge in [-0.3, -0.25) is 19.4 Å². The second-order valence-electron chi connectivity index (χ2n) is 6.93. The number of aryl methyl sites for hydroxylation is 2. The molecule has 0 saturated carbocycles. The van der Waals surface area contributed by atoms with Gasteiger partial charge in [0.1, 0.15) is 5.69 Å². The average molecular weight is 371 g/mol. The van der Waals surface area contributed by atoms with Crippen LogP contribution in [0.4, 0.5) is 0 Å². The Morgan fingerprint density at radius 3 is 2.70 bits per heavy atom. The quantitative estimate of drug-likeness (QED) is 0.696. The highest BCUT2D eigenvalue weighted by Gasteiger charge is 2.25. The van der Waals surface area contributed by atoms with Gasteiger partial charge in [0.05, 0.1) is 24.5 Å². The molecule has 1 aliphatic rings. The molecule has 0 bridgehead atoms. The van der Waals surface area contributed by atoms with Crippen molar-refractivity contribution in [2.24, 2.45) is 0 Å². The molecular weight excluding hydrogens is 342 g/mol. The molecule has 1 fully saturated rings. The van der Waals surface area contributed by atoms with Gasteiger partial charge in [0.2, 0.25) is 0 Å². The van der Waals surface area contributed by atoms with E-state index in [9.17, 15) is 4.79 Å². The van der Waals surface area contributed by atoms with Gasteiger partial charge >= 0.3 is 0 Å². The molecule has 1 saturated heterocycles. The average Bonchev–Trinajstić information content (AvgIpc) is 3.04. The summed E-state index contributed by atoms with van der Waals surface area (Å²) in [5.41, 5.74) is 3.84. The van der Waals surface area contributed by atoms with E-state index in [1.54, 1.807) is 4.68 Å². The molecule has 0 spiro atoms. The van der Waals surface area contributed by atoms with Gasteiger partial charge in [-0.05, 0) is 38.5 Å². The van der Waals surface area contributed by atoms with E-state index in [1.165, 1.54) is 5.56 Å². The number of rotatable bonds is 7. The largest absolute Gasteiger partial charge is 0.380 e. The van der Waals surface area contributed by atoms with E-state index in [1.807, 2.05) is 37.1 Å². The molecule has 0 unspecified atom stereocenters. The Morgan fingerprint density at radius 1 is 1.22 bits per heavy atom. The van der Waals surface area contributed by atoms with Crippen molar-refractivity contribution in [3.05, 3.63) is 47.0 Å². The van der Waals surface area contributed by atoms with E-state index >= 15 is 0 Å². The first kappa shape index (κ1) is 19.5. The highest BCUT2D eigenvalue weighted by molar-refractivity contribution is 5.92. The van der Waals surface area contributed by atoms with E-state index in [-0.39, 0.29) is 5.91 Å². The third-order valence-corrected chi connectivity index (χ3v) is 4.92. The molecule has 0 atom stereocenters. The molecule has 2 aromatic heterocycles. The number of pyridine rings is 1. The maximum atomic E-state index is 13.0. The number of carbonyl (C=O) groups excluding carboxylic acids is 1. The lowest BCUT2D eigenvalue weighted by Gasteiger charge is -2.34. The number of hydrogen-bond acceptors (Lipinski definition) is 5. The molecule has 27 heavy (non-hydrogen) atoms. The number of hydrogen-bond donors (Lipinski definition) is 0. The Kier molecular flexibility index (Phi) is 6.58. The van der Waals surface area contributed by atoms with Crippen molar-refractivity contribution < 1.29 is 9.53 Å². The van der Waals surface area contributed by atoms with Crippen molar-refractivity contribution in [1.82, 2.24) is 24.6 Å². The summed E-state index contributed by atoms with van der Waals surface area (Å²) in [7, 11) is 0. The standard InChI is InChI=1S/C20H29N5O2/c1-4-27-13-12-25-19(14-17(3)22-25)20(26)24-10-8-23(9-11-24)15-18-16(2)6-5-7-21-18/h5-7,14H,4,8-13,15H2,1-3H3. The zero-order valence-electron chi connectivity index (χ0n) is 16.5. The van der Waals surface area contributed by atoms with Gasteiger partial charge in [-0.2, -0.15) is 5.10 Å². The summed E-state index contributed by atoms with van der Waals surface area (Å²) >= 11 is 0. The minimum Gasteiger partial charge on any atom is -0.380 e. The van der Waals surface area contributed by atoms with Crippen LogP contribution in [0.2, 0.25) is 0 Å². The highest BCUT2D eigenvalue weighted by Crippen LogP contribution is 2.13. The first-order chi connectivity index (χ1) is 13.1. The molecule has 0 radical (unpaired) electrons. The van der Waals surface area contributed by atoms with Crippen LogP contribution < -0.4 is 0 Å². The Balaban J connectivity index is 1.58. The molecule has 7 heteroatoms. The summed E-state index contributed by atoms with van der Waals surface area (Å²) in [4.78, 5) is 21.7. The molecule has 1 amide bonds. The summed E-state index contributed by atoms with van der Waals surface area (Å²) in [6.07, 6.45) is 1.84. The molecule has 3 heterocycles. The van der Waals surface area contributed by atoms with Gasteiger partial charge in [-0.25, -0.2) is 0 Å². The molecule has 7 nitrogen and oxygen atoms in total. The van der Waals surface area contributed by atoms with E-state index in [0.29, 0.717) is 25.5 Å². The van der Waals surface area contributed by atoms with Gasteiger partial charge in [0.15, 0.2) is 0 Å². The number of amides is 1. The molecule has 0 aliphatic carbocycles. The Bertz CT molecular complexity index is 765. The maximum absolute atomic E-state index is 13.0. The van der Waals surface area contributed by atoms with Crippen LogP contribution in [0.25, 0.3) is 0 Å². The zero-order valence-corrected chi connectivity index (χ0v) is 16.5. The smallest absolute Gasteiger partial charge is 0.272 e. The summed E-state index contributed by atoms with van der Waals surface area (Å²) in [5, 5.41) is 4.45. The number of aromatic nitrogens is 3. The lowest BCUT2D eigenvalue weighted by Crippen LogP contribution is -2.48. The van der Waals surface area contributed by atoms with Crippen molar-refractivity contribution in [3.63, 3.8) is 0 Å². The number of carbonyl (C=O) groups is 1. The monoisotopic (exact) mass is 371 g/mol. The number of piperazine rings is 1. The second kappa shape index (κ2) is 9.10. The van der Waals surface area contributed by atoms with Crippen LogP contribution in [0.3, 0.4) is 0 Å². The first-order valence-corrected chi connectivity index (χ1v) is 9.62. The van der Waals surface area contributed by atoms with Crippen LogP contribution in [0.15, 0.2) is 24.4 Å². The highest BCUT2D eigenvalue weighted by atomic mass is 16.5. The molecular formula is C20H29N5O2. The van der Waals surface area contributed by atoms with Crippen LogP contribution >= 0.6 is 0 Å². The van der Waals surface area contributed by atoms with Crippen molar-refractivity contribution in [1.29, 1.82) is 0 Å². The number of nitrogens with zero attached hydrogens (tertiary/aromatic N) is 5. The normalized spacial score (nSPS) is 15.3. The van der Waals surface area contributed by atoms with Crippen LogP contribution in [0, 0.1) is 13.8 Å². The maximum Gasteiger partial charge on any atom is 0.272 e. The molecule has 1 aliphatic heterocycles. The summed E-state index contributed by atoms with van der Waals surface area (Å²) in [6.45, 7) is 11.8. The molecule has 146 valence electrons. The minimum absolute atomic E-state index is 0.0563. The Morgan fingerprint density at radius 2 is 2.00 bits per heavy atom. The topological polar surface area (TPSA) is 63.5 Å². The summed E-state index contributed by atoms with van der Waals surface area (Å²) < 4.78 is 7.18. The molecule has 0 aromatic carbocycles. The van der Waals surface area contributed by atoms with E-state index in [2.05, 4.69) is 28.0 Å². The van der Waals surface area contributed by atoms with E-state index in [0.717, 1.165) is 44.1 Å². The predicted octanol–water partition coefficient (Wildman–Crippen LogP) is 1.89. The van der Waals surface area contributed by atoms with Crippen LogP contribution in [-0.4, -0.2) is 69.9 Å². The van der Waals surface area contributed by atoms with Crippen LogP contribution in [0.1, 0.15) is 34.4 Å². The van der Waals surface area contributed by atoms with Crippen molar-refractivity contribution in [2.45, 2.75) is 33.9 Å². The van der Waals surface area contributed by atoms with E-state index in [4.69, 9.17) is 4.74 Å². The fourth-order valence-corrected chi connectivity index (χ4v) is 3.35. The molecule has 0 N–H and O–H groups in total. The molecule has 3 rings (SSSR count). The predicted molar refractivity (Wildman–Crippen MR) is 104 cm³/mol. The Labute approximate surface area is 160 Å². The van der Waals surface area contributed by atoms with Crippen molar-refractivity contribution in [3.8, 4) is 0 Å². The van der Waals surface area contributed by atoms with Gasteiger partial charge < -0.3 is 9.64 Å². The summed E-state index contributed by atoms with van der Waals surface area (Å²) in [6, 6.07) is 5.93. The Hall–Kier alpha value is -2.25. The van der Waals surface area contributed by atoms with Gasteiger partial charge in [0, 0.05) is 45.5 Å². The SMILES string of the molecule is CCOCCn1nc(C)cc1C(=O)N1CCN(Cc2ncccc2C)CC1. The van der Waals surface area contributed by atoms with Crippen molar-refractivity contribution in [2.75, 3.05) is 39.4 Å². The first-order valence-electron chi connectivity index (χ1n) is 9.62. The van der Waals surface area contributed by atoms with Crippen LogP contribution in [-0.2, 0) is 17.8 Å². The third kappa shape index (κ3) is 4.93. The second-order valence-corrected chi connectivity index (χ2v) is 6.93. The third-order valence-electron chi connectivity index (χ3n) is 4.92. The summed E-state index contributed by atoms with van der Waals surface area (Å²) in [5.74, 6) is 0.0563. The van der Waals surface area contributed by atoms with Crippen molar-refractivity contribution >= 4 is 5.91 Å². The van der Waals surface area contributed by atoms with Gasteiger partial charge in [0.25, 0.3) is 5.91 Å². The van der Waals surface area contributed by atoms with Crippen LogP contribution in [0.5, 0.6) is 0 Å². The lowest BCUT2D eigenvalue weighted by molar-refractivity contribution is 0.0610. The van der Waals surface area contributed by atoms with Gasteiger partial charge in [-0.15, -0.1) is 0 Å². The zero-order chi connectivity index (χ0) is 19.2. The fraction of sp³-hybridized carbons (Fsp3) is 0.550. The minimum atomic E-state index is 0.0563. The lowest BCUT2D eigenvalue weighted by atomic mass is 10.2. The molecule has 2 aromatic rings. The van der Waals surface area contributed by atoms with E-state index < -0.39 is 0 Å². The fourth-order valence-electron chi connectivity index (χ4n) is 3.35.